The summed E-state index contributed by atoms with van der Waals surface area (Å²) >= 11 is 0. The molecule has 1 aromatic carbocycles. The fourth-order valence-corrected chi connectivity index (χ4v) is 1.46. The Kier molecular flexibility index (Phi) is 5.32. The molecule has 0 aliphatic rings. The first kappa shape index (κ1) is 15.0. The summed E-state index contributed by atoms with van der Waals surface area (Å²) in [5, 5.41) is 20.2. The molecule has 6 heteroatoms. The van der Waals surface area contributed by atoms with Crippen LogP contribution in [0.1, 0.15) is 12.5 Å². The van der Waals surface area contributed by atoms with Crippen molar-refractivity contribution in [3.63, 3.8) is 0 Å². The number of hydrogen-bond acceptors (Lipinski definition) is 4. The fourth-order valence-electron chi connectivity index (χ4n) is 1.46. The summed E-state index contributed by atoms with van der Waals surface area (Å²) in [5.41, 5.74) is 0.991. The Morgan fingerprint density at radius 3 is 2.63 bits per heavy atom. The van der Waals surface area contributed by atoms with Crippen molar-refractivity contribution in [2.75, 3.05) is 6.61 Å². The van der Waals surface area contributed by atoms with Crippen LogP contribution >= 0.6 is 0 Å². The third-order valence-corrected chi connectivity index (χ3v) is 2.42. The Balaban J connectivity index is 2.49. The van der Waals surface area contributed by atoms with Crippen LogP contribution in [0.15, 0.2) is 24.3 Å². The zero-order valence-corrected chi connectivity index (χ0v) is 10.8. The zero-order chi connectivity index (χ0) is 14.4. The van der Waals surface area contributed by atoms with Crippen molar-refractivity contribution in [2.24, 2.45) is 0 Å². The number of carbonyl (C=O) groups is 2. The number of hydrogen-bond donors (Lipinski definition) is 3. The number of nitrogens with one attached hydrogen (secondary N) is 1. The maximum atomic E-state index is 11.5. The highest BCUT2D eigenvalue weighted by molar-refractivity contribution is 5.84. The third-order valence-electron chi connectivity index (χ3n) is 2.42. The number of amides is 1. The van der Waals surface area contributed by atoms with Crippen LogP contribution in [0.2, 0.25) is 0 Å². The molecule has 0 heterocycles. The molecular formula is C13H17NO5. The van der Waals surface area contributed by atoms with Crippen molar-refractivity contribution in [3.05, 3.63) is 29.8 Å². The number of aliphatic carboxylic acids is 1. The fraction of sp³-hybridized carbons (Fsp3) is 0.385. The van der Waals surface area contributed by atoms with Gasteiger partial charge in [-0.1, -0.05) is 12.1 Å². The summed E-state index contributed by atoms with van der Waals surface area (Å²) in [6.45, 7) is 2.88. The molecular weight excluding hydrogens is 250 g/mol. The van der Waals surface area contributed by atoms with Crippen LogP contribution < -0.4 is 10.1 Å². The van der Waals surface area contributed by atoms with Gasteiger partial charge >= 0.3 is 5.97 Å². The van der Waals surface area contributed by atoms with Crippen molar-refractivity contribution in [1.82, 2.24) is 5.32 Å². The number of ether oxygens (including phenoxy) is 1. The molecule has 0 radical (unpaired) electrons. The van der Waals surface area contributed by atoms with E-state index in [0.717, 1.165) is 5.56 Å². The second-order valence-corrected chi connectivity index (χ2v) is 4.23. The summed E-state index contributed by atoms with van der Waals surface area (Å²) in [4.78, 5) is 22.3. The van der Waals surface area contributed by atoms with Crippen LogP contribution in [0.4, 0.5) is 0 Å². The second-order valence-electron chi connectivity index (χ2n) is 4.23. The molecule has 0 fully saturated rings. The first-order valence-electron chi connectivity index (χ1n) is 5.80. The molecule has 19 heavy (non-hydrogen) atoms. The molecule has 1 amide bonds. The molecule has 0 aliphatic heterocycles. The molecule has 1 aromatic rings. The highest BCUT2D eigenvalue weighted by atomic mass is 16.5. The minimum atomic E-state index is -1.34. The standard InChI is InChI=1S/C13H17NO5/c1-8-4-3-5-10(6-8)19-7-11(16)14-12(9(2)15)13(17)18/h3-6,9,12,15H,7H2,1-2H3,(H,14,16)(H,17,18)/t9-,12+/m1/s1. The van der Waals surface area contributed by atoms with Gasteiger partial charge in [-0.15, -0.1) is 0 Å². The molecule has 0 saturated heterocycles. The van der Waals surface area contributed by atoms with Gasteiger partial charge in [-0.3, -0.25) is 4.79 Å². The normalized spacial score (nSPS) is 13.4. The van der Waals surface area contributed by atoms with Crippen LogP contribution in [-0.2, 0) is 9.59 Å². The van der Waals surface area contributed by atoms with E-state index in [-0.39, 0.29) is 6.61 Å². The highest BCUT2D eigenvalue weighted by Crippen LogP contribution is 2.11. The van der Waals surface area contributed by atoms with Crippen molar-refractivity contribution in [2.45, 2.75) is 26.0 Å². The van der Waals surface area contributed by atoms with E-state index in [9.17, 15) is 14.7 Å². The molecule has 0 spiro atoms. The molecule has 104 valence electrons. The van der Waals surface area contributed by atoms with Gasteiger partial charge in [-0.05, 0) is 31.5 Å². The molecule has 0 unspecified atom stereocenters. The number of carbonyl (C=O) groups excluding carboxylic acids is 1. The molecule has 3 N–H and O–H groups in total. The second kappa shape index (κ2) is 6.75. The maximum absolute atomic E-state index is 11.5. The lowest BCUT2D eigenvalue weighted by molar-refractivity contribution is -0.145. The van der Waals surface area contributed by atoms with Crippen molar-refractivity contribution in [3.8, 4) is 5.75 Å². The molecule has 1 rings (SSSR count). The quantitative estimate of drug-likeness (QED) is 0.690. The monoisotopic (exact) mass is 267 g/mol. The molecule has 0 aliphatic carbocycles. The predicted octanol–water partition coefficient (Wildman–Crippen LogP) is 0.324. The number of carboxylic acid groups (broad SMARTS) is 1. The summed E-state index contributed by atoms with van der Waals surface area (Å²) in [6, 6.07) is 5.80. The van der Waals surface area contributed by atoms with E-state index in [1.807, 2.05) is 13.0 Å². The lowest BCUT2D eigenvalue weighted by atomic mass is 10.2. The zero-order valence-electron chi connectivity index (χ0n) is 10.8. The lowest BCUT2D eigenvalue weighted by Crippen LogP contribution is -2.49. The van der Waals surface area contributed by atoms with E-state index in [1.54, 1.807) is 18.2 Å². The molecule has 0 saturated carbocycles. The van der Waals surface area contributed by atoms with Gasteiger partial charge in [-0.25, -0.2) is 4.79 Å². The topological polar surface area (TPSA) is 95.9 Å². The first-order valence-corrected chi connectivity index (χ1v) is 5.80. The van der Waals surface area contributed by atoms with E-state index in [0.29, 0.717) is 5.75 Å². The molecule has 0 aromatic heterocycles. The third kappa shape index (κ3) is 4.97. The highest BCUT2D eigenvalue weighted by Gasteiger charge is 2.24. The van der Waals surface area contributed by atoms with Crippen LogP contribution in [0.5, 0.6) is 5.75 Å². The van der Waals surface area contributed by atoms with Gasteiger partial charge in [0.2, 0.25) is 0 Å². The Morgan fingerprint density at radius 2 is 2.11 bits per heavy atom. The number of aryl methyl sites for hydroxylation is 1. The number of rotatable bonds is 6. The van der Waals surface area contributed by atoms with Gasteiger partial charge in [0.15, 0.2) is 12.6 Å². The van der Waals surface area contributed by atoms with Gasteiger partial charge in [0.05, 0.1) is 6.10 Å². The molecule has 6 nitrogen and oxygen atoms in total. The number of carboxylic acids is 1. The Hall–Kier alpha value is -2.08. The first-order chi connectivity index (χ1) is 8.90. The summed E-state index contributed by atoms with van der Waals surface area (Å²) < 4.78 is 5.22. The number of aliphatic hydroxyl groups is 1. The largest absolute Gasteiger partial charge is 0.484 e. The maximum Gasteiger partial charge on any atom is 0.328 e. The smallest absolute Gasteiger partial charge is 0.328 e. The SMILES string of the molecule is Cc1cccc(OCC(=O)N[C@H](C(=O)O)[C@@H](C)O)c1. The van der Waals surface area contributed by atoms with Crippen LogP contribution in [0.3, 0.4) is 0 Å². The number of aliphatic hydroxyl groups excluding tert-OH is 1. The summed E-state index contributed by atoms with van der Waals surface area (Å²) in [7, 11) is 0. The van der Waals surface area contributed by atoms with Crippen LogP contribution in [-0.4, -0.2) is 40.8 Å². The van der Waals surface area contributed by atoms with Crippen molar-refractivity contribution in [1.29, 1.82) is 0 Å². The Labute approximate surface area is 111 Å². The number of benzene rings is 1. The van der Waals surface area contributed by atoms with E-state index < -0.39 is 24.0 Å². The predicted molar refractivity (Wildman–Crippen MR) is 67.9 cm³/mol. The van der Waals surface area contributed by atoms with Gasteiger partial charge in [0.1, 0.15) is 5.75 Å². The van der Waals surface area contributed by atoms with Gasteiger partial charge in [0, 0.05) is 0 Å². The lowest BCUT2D eigenvalue weighted by Gasteiger charge is -2.17. The summed E-state index contributed by atoms with van der Waals surface area (Å²) in [5.74, 6) is -1.37. The van der Waals surface area contributed by atoms with Gasteiger partial charge in [0.25, 0.3) is 5.91 Å². The van der Waals surface area contributed by atoms with Crippen molar-refractivity contribution >= 4 is 11.9 Å². The molecule has 2 atom stereocenters. The average Bonchev–Trinajstić information content (AvgIpc) is 2.32. The van der Waals surface area contributed by atoms with E-state index >= 15 is 0 Å². The minimum absolute atomic E-state index is 0.306. The van der Waals surface area contributed by atoms with Gasteiger partial charge in [-0.2, -0.15) is 0 Å². The van der Waals surface area contributed by atoms with E-state index in [1.165, 1.54) is 6.92 Å². The summed E-state index contributed by atoms with van der Waals surface area (Å²) in [6.07, 6.45) is -1.18. The van der Waals surface area contributed by atoms with Crippen LogP contribution in [0.25, 0.3) is 0 Å². The Bertz CT molecular complexity index is 458. The van der Waals surface area contributed by atoms with Crippen LogP contribution in [0, 0.1) is 6.92 Å². The van der Waals surface area contributed by atoms with Crippen molar-refractivity contribution < 1.29 is 24.5 Å². The molecule has 0 bridgehead atoms. The van der Waals surface area contributed by atoms with Gasteiger partial charge < -0.3 is 20.3 Å². The van der Waals surface area contributed by atoms with E-state index in [4.69, 9.17) is 9.84 Å². The minimum Gasteiger partial charge on any atom is -0.484 e. The Morgan fingerprint density at radius 1 is 1.42 bits per heavy atom. The average molecular weight is 267 g/mol. The van der Waals surface area contributed by atoms with E-state index in [2.05, 4.69) is 5.32 Å².